The number of benzene rings is 3. The molecule has 0 amide bonds. The summed E-state index contributed by atoms with van der Waals surface area (Å²) in [5.74, 6) is 1.84. The maximum atomic E-state index is 12.1. The number of nitrogens with zero attached hydrogens (tertiary/aromatic N) is 1. The third-order valence-corrected chi connectivity index (χ3v) is 9.47. The van der Waals surface area contributed by atoms with Gasteiger partial charge in [0.05, 0.1) is 12.0 Å². The van der Waals surface area contributed by atoms with Crippen LogP contribution in [-0.4, -0.2) is 18.6 Å². The van der Waals surface area contributed by atoms with Crippen LogP contribution >= 0.6 is 0 Å². The first-order valence-electron chi connectivity index (χ1n) is 13.9. The minimum atomic E-state index is -0.272. The van der Waals surface area contributed by atoms with Crippen LogP contribution in [0.1, 0.15) is 76.0 Å². The van der Waals surface area contributed by atoms with Gasteiger partial charge in [-0.3, -0.25) is 10.1 Å². The van der Waals surface area contributed by atoms with Crippen molar-refractivity contribution >= 4 is 11.4 Å². The van der Waals surface area contributed by atoms with Crippen molar-refractivity contribution in [2.24, 2.45) is 11.3 Å². The summed E-state index contributed by atoms with van der Waals surface area (Å²) in [4.78, 5) is 11.8. The zero-order valence-corrected chi connectivity index (χ0v) is 23.3. The molecule has 200 valence electrons. The summed E-state index contributed by atoms with van der Waals surface area (Å²) in [6.45, 7) is 10.1. The normalized spacial score (nSPS) is 24.4. The van der Waals surface area contributed by atoms with Gasteiger partial charge in [0, 0.05) is 12.6 Å². The van der Waals surface area contributed by atoms with E-state index in [-0.39, 0.29) is 21.4 Å². The topological polar surface area (TPSA) is 64.4 Å². The highest BCUT2D eigenvalue weighted by atomic mass is 16.6. The molecule has 3 aromatic carbocycles. The molecule has 0 unspecified atom stereocenters. The summed E-state index contributed by atoms with van der Waals surface area (Å²) < 4.78 is 5.25. The van der Waals surface area contributed by atoms with E-state index in [1.807, 2.05) is 36.4 Å². The van der Waals surface area contributed by atoms with Gasteiger partial charge < -0.3 is 10.1 Å². The van der Waals surface area contributed by atoms with Crippen molar-refractivity contribution in [3.63, 3.8) is 0 Å². The molecule has 0 aromatic heterocycles. The fraction of sp³-hybridized carbons (Fsp3) is 0.455. The zero-order valence-electron chi connectivity index (χ0n) is 23.3. The Bertz CT molecular complexity index is 1330. The van der Waals surface area contributed by atoms with Crippen LogP contribution in [0.3, 0.4) is 0 Å². The van der Waals surface area contributed by atoms with Gasteiger partial charge in [-0.15, -0.1) is 0 Å². The first kappa shape index (κ1) is 26.3. The van der Waals surface area contributed by atoms with E-state index in [9.17, 15) is 10.1 Å². The van der Waals surface area contributed by atoms with Gasteiger partial charge in [-0.2, -0.15) is 0 Å². The summed E-state index contributed by atoms with van der Waals surface area (Å²) in [6.07, 6.45) is 5.80. The molecular weight excluding hydrogens is 472 g/mol. The van der Waals surface area contributed by atoms with E-state index in [0.29, 0.717) is 17.5 Å². The Hall–Kier alpha value is -3.34. The number of anilines is 1. The monoisotopic (exact) mass is 512 g/mol. The van der Waals surface area contributed by atoms with Gasteiger partial charge in [0.1, 0.15) is 11.4 Å². The fourth-order valence-corrected chi connectivity index (χ4v) is 7.31. The molecule has 3 atom stereocenters. The summed E-state index contributed by atoms with van der Waals surface area (Å²) in [5.41, 5.74) is 7.15. The van der Waals surface area contributed by atoms with Crippen molar-refractivity contribution in [3.05, 3.63) is 87.5 Å². The number of nitro benzene ring substituents is 1. The second kappa shape index (κ2) is 10.1. The number of nitrogens with one attached hydrogen (secondary N) is 1. The molecule has 5 heteroatoms. The molecule has 0 radical (unpaired) electrons. The highest BCUT2D eigenvalue weighted by molar-refractivity contribution is 5.73. The second-order valence-electron chi connectivity index (χ2n) is 12.2. The lowest BCUT2D eigenvalue weighted by molar-refractivity contribution is -0.383. The first-order valence-corrected chi connectivity index (χ1v) is 13.9. The third-order valence-electron chi connectivity index (χ3n) is 9.47. The SMILES string of the molecule is COc1ccc(-c2ccc(NC[C@@]3(C)CCC[C@]4(C)c5ccc(C(C)C)cc5CC[C@@H]34)c([N+](=O)[O-])c2)cc1. The molecule has 5 nitrogen and oxygen atoms in total. The molecule has 1 N–H and O–H groups in total. The number of aryl methyl sites for hydroxylation is 1. The number of hydrogen-bond donors (Lipinski definition) is 1. The van der Waals surface area contributed by atoms with Crippen molar-refractivity contribution < 1.29 is 9.66 Å². The molecule has 1 saturated carbocycles. The second-order valence-corrected chi connectivity index (χ2v) is 12.2. The fourth-order valence-electron chi connectivity index (χ4n) is 7.31. The molecule has 38 heavy (non-hydrogen) atoms. The zero-order chi connectivity index (χ0) is 27.1. The molecule has 5 rings (SSSR count). The van der Waals surface area contributed by atoms with Crippen LogP contribution in [0.15, 0.2) is 60.7 Å². The number of rotatable bonds is 7. The highest BCUT2D eigenvalue weighted by Crippen LogP contribution is 2.57. The lowest BCUT2D eigenvalue weighted by Gasteiger charge is -2.55. The average Bonchev–Trinajstić information content (AvgIpc) is 2.91. The first-order chi connectivity index (χ1) is 18.1. The van der Waals surface area contributed by atoms with Crippen LogP contribution in [0, 0.1) is 21.4 Å². The van der Waals surface area contributed by atoms with Gasteiger partial charge in [0.25, 0.3) is 5.69 Å². The molecule has 0 spiro atoms. The molecule has 0 heterocycles. The van der Waals surface area contributed by atoms with E-state index in [2.05, 4.69) is 51.2 Å². The number of fused-ring (bicyclic) bond motifs is 3. The molecule has 3 aromatic rings. The van der Waals surface area contributed by atoms with Crippen LogP contribution < -0.4 is 10.1 Å². The smallest absolute Gasteiger partial charge is 0.292 e. The minimum Gasteiger partial charge on any atom is -0.497 e. The summed E-state index contributed by atoms with van der Waals surface area (Å²) in [5, 5.41) is 15.6. The van der Waals surface area contributed by atoms with Crippen molar-refractivity contribution in [1.29, 1.82) is 0 Å². The van der Waals surface area contributed by atoms with Crippen molar-refractivity contribution in [2.45, 2.75) is 71.1 Å². The molecule has 0 saturated heterocycles. The quantitative estimate of drug-likeness (QED) is 0.254. The predicted octanol–water partition coefficient (Wildman–Crippen LogP) is 8.52. The lowest BCUT2D eigenvalue weighted by atomic mass is 9.49. The van der Waals surface area contributed by atoms with E-state index < -0.39 is 0 Å². The Labute approximate surface area is 226 Å². The van der Waals surface area contributed by atoms with Crippen LogP contribution in [0.2, 0.25) is 0 Å². The molecule has 2 aliphatic carbocycles. The van der Waals surface area contributed by atoms with E-state index in [0.717, 1.165) is 36.3 Å². The number of methoxy groups -OCH3 is 1. The van der Waals surface area contributed by atoms with Crippen molar-refractivity contribution in [2.75, 3.05) is 19.0 Å². The minimum absolute atomic E-state index is 0.0595. The number of nitro groups is 1. The molecule has 0 bridgehead atoms. The van der Waals surface area contributed by atoms with Crippen LogP contribution in [0.5, 0.6) is 5.75 Å². The Morgan fingerprint density at radius 3 is 2.45 bits per heavy atom. The Morgan fingerprint density at radius 1 is 1.03 bits per heavy atom. The van der Waals surface area contributed by atoms with Crippen LogP contribution in [0.25, 0.3) is 11.1 Å². The van der Waals surface area contributed by atoms with Crippen LogP contribution in [-0.2, 0) is 11.8 Å². The maximum absolute atomic E-state index is 12.1. The molecular formula is C33H40N2O3. The molecule has 0 aliphatic heterocycles. The van der Waals surface area contributed by atoms with Crippen molar-refractivity contribution in [1.82, 2.24) is 0 Å². The van der Waals surface area contributed by atoms with Gasteiger partial charge in [0.2, 0.25) is 0 Å². The highest BCUT2D eigenvalue weighted by Gasteiger charge is 2.51. The van der Waals surface area contributed by atoms with E-state index in [4.69, 9.17) is 4.74 Å². The van der Waals surface area contributed by atoms with Gasteiger partial charge in [-0.1, -0.05) is 70.5 Å². The molecule has 1 fully saturated rings. The standard InChI is InChI=1S/C33H40N2O3/c1-22(2)24-9-14-28-26(19-24)11-16-31-32(3,17-6-18-33(28,31)4)21-34-29-15-10-25(20-30(29)35(36)37)23-7-12-27(38-5)13-8-23/h7-10,12-15,19-20,22,31,34H,6,11,16-18,21H2,1-5H3/t31-,32+,33+/m0/s1. The number of ether oxygens (including phenoxy) is 1. The van der Waals surface area contributed by atoms with E-state index in [1.165, 1.54) is 36.0 Å². The summed E-state index contributed by atoms with van der Waals surface area (Å²) >= 11 is 0. The maximum Gasteiger partial charge on any atom is 0.292 e. The van der Waals surface area contributed by atoms with Gasteiger partial charge in [-0.05, 0) is 94.4 Å². The third kappa shape index (κ3) is 4.68. The largest absolute Gasteiger partial charge is 0.497 e. The number of hydrogen-bond acceptors (Lipinski definition) is 4. The van der Waals surface area contributed by atoms with E-state index >= 15 is 0 Å². The van der Waals surface area contributed by atoms with E-state index in [1.54, 1.807) is 13.2 Å². The van der Waals surface area contributed by atoms with Crippen molar-refractivity contribution in [3.8, 4) is 16.9 Å². The Balaban J connectivity index is 1.39. The van der Waals surface area contributed by atoms with Gasteiger partial charge in [0.15, 0.2) is 0 Å². The lowest BCUT2D eigenvalue weighted by Crippen LogP contribution is -2.51. The van der Waals surface area contributed by atoms with Gasteiger partial charge in [-0.25, -0.2) is 0 Å². The molecule has 2 aliphatic rings. The summed E-state index contributed by atoms with van der Waals surface area (Å²) in [6, 6.07) is 20.3. The Morgan fingerprint density at radius 2 is 1.76 bits per heavy atom. The predicted molar refractivity (Wildman–Crippen MR) is 155 cm³/mol. The Kier molecular flexibility index (Phi) is 6.97. The van der Waals surface area contributed by atoms with Crippen LogP contribution in [0.4, 0.5) is 11.4 Å². The summed E-state index contributed by atoms with van der Waals surface area (Å²) in [7, 11) is 1.63. The van der Waals surface area contributed by atoms with Gasteiger partial charge >= 0.3 is 0 Å². The average molecular weight is 513 g/mol.